The molecular formula is C18H23NO2. The Morgan fingerprint density at radius 2 is 1.57 bits per heavy atom. The molecule has 0 radical (unpaired) electrons. The van der Waals surface area contributed by atoms with Gasteiger partial charge in [0, 0.05) is 12.2 Å². The van der Waals surface area contributed by atoms with Crippen molar-refractivity contribution in [2.24, 2.45) is 0 Å². The number of benzene rings is 2. The van der Waals surface area contributed by atoms with Crippen LogP contribution in [-0.4, -0.2) is 20.3 Å². The maximum atomic E-state index is 5.68. The summed E-state index contributed by atoms with van der Waals surface area (Å²) in [5.74, 6) is 1.72. The first-order valence-electron chi connectivity index (χ1n) is 7.41. The molecule has 0 saturated heterocycles. The Kier molecular flexibility index (Phi) is 5.95. The normalized spacial score (nSPS) is 10.2. The van der Waals surface area contributed by atoms with Crippen LogP contribution in [-0.2, 0) is 6.42 Å². The largest absolute Gasteiger partial charge is 0.497 e. The average molecular weight is 285 g/mol. The minimum absolute atomic E-state index is 0.701. The molecule has 0 saturated carbocycles. The Bertz CT molecular complexity index is 470. The van der Waals surface area contributed by atoms with Crippen molar-refractivity contribution in [1.82, 2.24) is 0 Å². The van der Waals surface area contributed by atoms with Crippen molar-refractivity contribution in [3.8, 4) is 11.5 Å². The third-order valence-corrected chi connectivity index (χ3v) is 3.34. The van der Waals surface area contributed by atoms with Crippen molar-refractivity contribution in [3.05, 3.63) is 54.1 Å². The molecule has 3 heteroatoms. The minimum atomic E-state index is 0.701. The molecule has 21 heavy (non-hydrogen) atoms. The van der Waals surface area contributed by atoms with E-state index in [4.69, 9.17) is 9.47 Å². The van der Waals surface area contributed by atoms with Gasteiger partial charge in [-0.05, 0) is 54.8 Å². The number of methoxy groups -OCH3 is 1. The fourth-order valence-electron chi connectivity index (χ4n) is 2.03. The quantitative estimate of drug-likeness (QED) is 0.739. The van der Waals surface area contributed by atoms with E-state index in [-0.39, 0.29) is 0 Å². The highest BCUT2D eigenvalue weighted by atomic mass is 16.5. The third-order valence-electron chi connectivity index (χ3n) is 3.34. The predicted octanol–water partition coefficient (Wildman–Crippen LogP) is 4.14. The Labute approximate surface area is 126 Å². The molecule has 0 fully saturated rings. The summed E-state index contributed by atoms with van der Waals surface area (Å²) in [7, 11) is 1.66. The van der Waals surface area contributed by atoms with Gasteiger partial charge in [-0.25, -0.2) is 0 Å². The van der Waals surface area contributed by atoms with E-state index < -0.39 is 0 Å². The first-order valence-corrected chi connectivity index (χ1v) is 7.41. The standard InChI is InChI=1S/C18H23NO2/c1-3-15-5-7-16(8-6-15)19-13-4-14-21-18-11-9-17(20-2)10-12-18/h5-12,19H,3-4,13-14H2,1-2H3. The summed E-state index contributed by atoms with van der Waals surface area (Å²) < 4.78 is 10.8. The summed E-state index contributed by atoms with van der Waals surface area (Å²) in [4.78, 5) is 0. The zero-order valence-corrected chi connectivity index (χ0v) is 12.8. The molecule has 0 aliphatic carbocycles. The van der Waals surface area contributed by atoms with E-state index in [1.165, 1.54) is 5.56 Å². The molecule has 2 aromatic rings. The summed E-state index contributed by atoms with van der Waals surface area (Å²) in [6.07, 6.45) is 2.04. The molecule has 0 atom stereocenters. The van der Waals surface area contributed by atoms with Gasteiger partial charge >= 0.3 is 0 Å². The summed E-state index contributed by atoms with van der Waals surface area (Å²) in [5.41, 5.74) is 2.53. The molecule has 0 amide bonds. The number of hydrogen-bond acceptors (Lipinski definition) is 3. The van der Waals surface area contributed by atoms with Crippen molar-refractivity contribution in [1.29, 1.82) is 0 Å². The molecule has 2 rings (SSSR count). The van der Waals surface area contributed by atoms with Crippen LogP contribution in [0.3, 0.4) is 0 Å². The van der Waals surface area contributed by atoms with Crippen LogP contribution in [0.15, 0.2) is 48.5 Å². The van der Waals surface area contributed by atoms with Gasteiger partial charge in [0.15, 0.2) is 0 Å². The van der Waals surface area contributed by atoms with E-state index in [0.717, 1.165) is 36.6 Å². The van der Waals surface area contributed by atoms with Gasteiger partial charge in [-0.3, -0.25) is 0 Å². The number of aryl methyl sites for hydroxylation is 1. The number of rotatable bonds is 8. The molecule has 0 heterocycles. The van der Waals surface area contributed by atoms with Gasteiger partial charge in [0.2, 0.25) is 0 Å². The van der Waals surface area contributed by atoms with E-state index in [9.17, 15) is 0 Å². The van der Waals surface area contributed by atoms with Crippen LogP contribution in [0.4, 0.5) is 5.69 Å². The van der Waals surface area contributed by atoms with E-state index >= 15 is 0 Å². The van der Waals surface area contributed by atoms with Gasteiger partial charge in [-0.1, -0.05) is 19.1 Å². The van der Waals surface area contributed by atoms with Crippen LogP contribution in [0.1, 0.15) is 18.9 Å². The molecule has 3 nitrogen and oxygen atoms in total. The molecule has 0 aliphatic heterocycles. The lowest BCUT2D eigenvalue weighted by atomic mass is 10.1. The number of anilines is 1. The zero-order valence-electron chi connectivity index (χ0n) is 12.8. The van der Waals surface area contributed by atoms with E-state index in [1.54, 1.807) is 7.11 Å². The number of nitrogens with one attached hydrogen (secondary N) is 1. The minimum Gasteiger partial charge on any atom is -0.497 e. The summed E-state index contributed by atoms with van der Waals surface area (Å²) in [5, 5.41) is 3.40. The lowest BCUT2D eigenvalue weighted by molar-refractivity contribution is 0.314. The van der Waals surface area contributed by atoms with Gasteiger partial charge in [0.1, 0.15) is 11.5 Å². The highest BCUT2D eigenvalue weighted by Crippen LogP contribution is 2.17. The Morgan fingerprint density at radius 1 is 0.905 bits per heavy atom. The van der Waals surface area contributed by atoms with Gasteiger partial charge in [-0.15, -0.1) is 0 Å². The third kappa shape index (κ3) is 5.03. The smallest absolute Gasteiger partial charge is 0.119 e. The van der Waals surface area contributed by atoms with Crippen LogP contribution in [0.25, 0.3) is 0 Å². The molecule has 0 aromatic heterocycles. The van der Waals surface area contributed by atoms with Gasteiger partial charge in [-0.2, -0.15) is 0 Å². The van der Waals surface area contributed by atoms with Crippen molar-refractivity contribution >= 4 is 5.69 Å². The SMILES string of the molecule is CCc1ccc(NCCCOc2ccc(OC)cc2)cc1. The highest BCUT2D eigenvalue weighted by molar-refractivity contribution is 5.44. The number of hydrogen-bond donors (Lipinski definition) is 1. The van der Waals surface area contributed by atoms with Crippen LogP contribution >= 0.6 is 0 Å². The molecule has 0 aliphatic rings. The maximum absolute atomic E-state index is 5.68. The first kappa shape index (κ1) is 15.2. The van der Waals surface area contributed by atoms with Crippen molar-refractivity contribution < 1.29 is 9.47 Å². The molecular weight excluding hydrogens is 262 g/mol. The second kappa shape index (κ2) is 8.20. The fourth-order valence-corrected chi connectivity index (χ4v) is 2.03. The lowest BCUT2D eigenvalue weighted by Gasteiger charge is -2.09. The Morgan fingerprint density at radius 3 is 2.19 bits per heavy atom. The molecule has 112 valence electrons. The topological polar surface area (TPSA) is 30.5 Å². The monoisotopic (exact) mass is 285 g/mol. The molecule has 0 bridgehead atoms. The Balaban J connectivity index is 1.64. The van der Waals surface area contributed by atoms with Gasteiger partial charge in [0.05, 0.1) is 13.7 Å². The average Bonchev–Trinajstić information content (AvgIpc) is 2.55. The van der Waals surface area contributed by atoms with E-state index in [0.29, 0.717) is 6.61 Å². The summed E-state index contributed by atoms with van der Waals surface area (Å²) in [6, 6.07) is 16.2. The predicted molar refractivity (Wildman–Crippen MR) is 87.4 cm³/mol. The zero-order chi connectivity index (χ0) is 14.9. The fraction of sp³-hybridized carbons (Fsp3) is 0.333. The van der Waals surface area contributed by atoms with Crippen LogP contribution in [0.2, 0.25) is 0 Å². The Hall–Kier alpha value is -2.16. The second-order valence-corrected chi connectivity index (χ2v) is 4.85. The first-order chi connectivity index (χ1) is 10.3. The second-order valence-electron chi connectivity index (χ2n) is 4.85. The van der Waals surface area contributed by atoms with Crippen molar-refractivity contribution in [2.45, 2.75) is 19.8 Å². The molecule has 0 spiro atoms. The number of ether oxygens (including phenoxy) is 2. The maximum Gasteiger partial charge on any atom is 0.119 e. The molecule has 2 aromatic carbocycles. The van der Waals surface area contributed by atoms with Gasteiger partial charge in [0.25, 0.3) is 0 Å². The van der Waals surface area contributed by atoms with Crippen LogP contribution in [0.5, 0.6) is 11.5 Å². The lowest BCUT2D eigenvalue weighted by Crippen LogP contribution is -2.07. The summed E-state index contributed by atoms with van der Waals surface area (Å²) in [6.45, 7) is 3.77. The van der Waals surface area contributed by atoms with E-state index in [1.807, 2.05) is 24.3 Å². The van der Waals surface area contributed by atoms with Crippen molar-refractivity contribution in [3.63, 3.8) is 0 Å². The molecule has 1 N–H and O–H groups in total. The highest BCUT2D eigenvalue weighted by Gasteiger charge is 1.96. The van der Waals surface area contributed by atoms with Crippen LogP contribution in [0, 0.1) is 0 Å². The summed E-state index contributed by atoms with van der Waals surface area (Å²) >= 11 is 0. The van der Waals surface area contributed by atoms with Crippen molar-refractivity contribution in [2.75, 3.05) is 25.6 Å². The molecule has 0 unspecified atom stereocenters. The van der Waals surface area contributed by atoms with Gasteiger partial charge < -0.3 is 14.8 Å². The van der Waals surface area contributed by atoms with E-state index in [2.05, 4.69) is 36.5 Å². The van der Waals surface area contributed by atoms with Crippen LogP contribution < -0.4 is 14.8 Å².